The number of likely N-dealkylation sites (tertiary alicyclic amines) is 1. The molecule has 0 unspecified atom stereocenters. The van der Waals surface area contributed by atoms with Gasteiger partial charge >= 0.3 is 0 Å². The van der Waals surface area contributed by atoms with Gasteiger partial charge in [-0.1, -0.05) is 29.8 Å². The van der Waals surface area contributed by atoms with Gasteiger partial charge in [-0.2, -0.15) is 0 Å². The highest BCUT2D eigenvalue weighted by atomic mass is 15.1. The fraction of sp³-hybridized carbons (Fsp3) is 0.538. The first-order valence-corrected chi connectivity index (χ1v) is 5.77. The third-order valence-corrected chi connectivity index (χ3v) is 3.07. The first-order valence-electron chi connectivity index (χ1n) is 5.77. The van der Waals surface area contributed by atoms with Crippen molar-refractivity contribution in [1.82, 2.24) is 4.90 Å². The minimum absolute atomic E-state index is 0.379. The van der Waals surface area contributed by atoms with E-state index in [2.05, 4.69) is 36.1 Å². The maximum atomic E-state index is 5.96. The largest absolute Gasteiger partial charge is 0.327 e. The first-order chi connectivity index (χ1) is 7.24. The van der Waals surface area contributed by atoms with Crippen LogP contribution >= 0.6 is 0 Å². The Kier molecular flexibility index (Phi) is 3.39. The zero-order valence-electron chi connectivity index (χ0n) is 9.45. The second kappa shape index (κ2) is 4.77. The predicted molar refractivity (Wildman–Crippen MR) is 63.7 cm³/mol. The summed E-state index contributed by atoms with van der Waals surface area (Å²) in [6, 6.07) is 9.17. The van der Waals surface area contributed by atoms with Gasteiger partial charge in [0.2, 0.25) is 0 Å². The normalized spacial score (nSPS) is 22.9. The molecule has 0 radical (unpaired) electrons. The van der Waals surface area contributed by atoms with Crippen molar-refractivity contribution < 1.29 is 0 Å². The summed E-state index contributed by atoms with van der Waals surface area (Å²) in [5.74, 6) is 0. The van der Waals surface area contributed by atoms with E-state index >= 15 is 0 Å². The minimum Gasteiger partial charge on any atom is -0.327 e. The molecule has 2 N–H and O–H groups in total. The maximum Gasteiger partial charge on any atom is 0.0234 e. The van der Waals surface area contributed by atoms with Crippen molar-refractivity contribution in [3.8, 4) is 0 Å². The average molecular weight is 204 g/mol. The SMILES string of the molecule is Cc1ccc(CN2CCC[C@@H](N)C2)cc1. The fourth-order valence-electron chi connectivity index (χ4n) is 2.19. The molecule has 0 aromatic heterocycles. The van der Waals surface area contributed by atoms with Gasteiger partial charge in [-0.25, -0.2) is 0 Å². The average Bonchev–Trinajstić information content (AvgIpc) is 2.22. The number of piperidine rings is 1. The van der Waals surface area contributed by atoms with Crippen molar-refractivity contribution in [2.75, 3.05) is 13.1 Å². The summed E-state index contributed by atoms with van der Waals surface area (Å²) in [5.41, 5.74) is 8.69. The van der Waals surface area contributed by atoms with E-state index in [4.69, 9.17) is 5.73 Å². The molecule has 1 aromatic carbocycles. The van der Waals surface area contributed by atoms with E-state index in [1.54, 1.807) is 0 Å². The molecule has 1 fully saturated rings. The van der Waals surface area contributed by atoms with Crippen molar-refractivity contribution in [3.63, 3.8) is 0 Å². The highest BCUT2D eigenvalue weighted by Gasteiger charge is 2.16. The number of hydrogen-bond acceptors (Lipinski definition) is 2. The zero-order chi connectivity index (χ0) is 10.7. The summed E-state index contributed by atoms with van der Waals surface area (Å²) >= 11 is 0. The van der Waals surface area contributed by atoms with Crippen LogP contribution in [0, 0.1) is 6.92 Å². The van der Waals surface area contributed by atoms with Crippen LogP contribution in [0.3, 0.4) is 0 Å². The van der Waals surface area contributed by atoms with Crippen molar-refractivity contribution in [3.05, 3.63) is 35.4 Å². The maximum absolute atomic E-state index is 5.96. The third kappa shape index (κ3) is 3.05. The van der Waals surface area contributed by atoms with Gasteiger partial charge in [-0.3, -0.25) is 4.90 Å². The lowest BCUT2D eigenvalue weighted by atomic mass is 10.1. The van der Waals surface area contributed by atoms with E-state index in [0.717, 1.165) is 13.1 Å². The number of nitrogens with zero attached hydrogens (tertiary/aromatic N) is 1. The van der Waals surface area contributed by atoms with Crippen LogP contribution < -0.4 is 5.73 Å². The van der Waals surface area contributed by atoms with Crippen LogP contribution in [-0.2, 0) is 6.54 Å². The number of rotatable bonds is 2. The second-order valence-corrected chi connectivity index (χ2v) is 4.62. The van der Waals surface area contributed by atoms with E-state index < -0.39 is 0 Å². The number of aryl methyl sites for hydroxylation is 1. The van der Waals surface area contributed by atoms with Gasteiger partial charge in [0.25, 0.3) is 0 Å². The molecule has 1 heterocycles. The summed E-state index contributed by atoms with van der Waals surface area (Å²) in [7, 11) is 0. The molecule has 1 aliphatic heterocycles. The highest BCUT2D eigenvalue weighted by Crippen LogP contribution is 2.12. The molecule has 0 spiro atoms. The molecular formula is C13H20N2. The van der Waals surface area contributed by atoms with Gasteiger partial charge in [0, 0.05) is 19.1 Å². The van der Waals surface area contributed by atoms with Crippen molar-refractivity contribution in [1.29, 1.82) is 0 Å². The Morgan fingerprint density at radius 2 is 2.07 bits per heavy atom. The smallest absolute Gasteiger partial charge is 0.0234 e. The Labute approximate surface area is 92.1 Å². The summed E-state index contributed by atoms with van der Waals surface area (Å²) in [6.45, 7) is 5.42. The first kappa shape index (κ1) is 10.7. The minimum atomic E-state index is 0.379. The number of hydrogen-bond donors (Lipinski definition) is 1. The van der Waals surface area contributed by atoms with E-state index in [9.17, 15) is 0 Å². The molecule has 0 amide bonds. The van der Waals surface area contributed by atoms with Gasteiger partial charge in [0.05, 0.1) is 0 Å². The number of benzene rings is 1. The summed E-state index contributed by atoms with van der Waals surface area (Å²) in [4.78, 5) is 2.46. The molecule has 0 aliphatic carbocycles. The third-order valence-electron chi connectivity index (χ3n) is 3.07. The van der Waals surface area contributed by atoms with Crippen molar-refractivity contribution in [2.45, 2.75) is 32.4 Å². The summed E-state index contributed by atoms with van der Waals surface area (Å²) in [5, 5.41) is 0. The van der Waals surface area contributed by atoms with Gasteiger partial charge in [-0.15, -0.1) is 0 Å². The quantitative estimate of drug-likeness (QED) is 0.797. The standard InChI is InChI=1S/C13H20N2/c1-11-4-6-12(7-5-11)9-15-8-2-3-13(14)10-15/h4-7,13H,2-3,8-10,14H2,1H3/t13-/m1/s1. The Hall–Kier alpha value is -0.860. The lowest BCUT2D eigenvalue weighted by Gasteiger charge is -2.30. The Morgan fingerprint density at radius 3 is 2.73 bits per heavy atom. The molecule has 15 heavy (non-hydrogen) atoms. The molecule has 2 heteroatoms. The lowest BCUT2D eigenvalue weighted by molar-refractivity contribution is 0.201. The van der Waals surface area contributed by atoms with E-state index in [0.29, 0.717) is 6.04 Å². The highest BCUT2D eigenvalue weighted by molar-refractivity contribution is 5.21. The van der Waals surface area contributed by atoms with Crippen LogP contribution in [0.5, 0.6) is 0 Å². The van der Waals surface area contributed by atoms with Gasteiger partial charge in [0.15, 0.2) is 0 Å². The van der Waals surface area contributed by atoms with Crippen LogP contribution in [0.15, 0.2) is 24.3 Å². The molecular weight excluding hydrogens is 184 g/mol. The fourth-order valence-corrected chi connectivity index (χ4v) is 2.19. The van der Waals surface area contributed by atoms with E-state index in [-0.39, 0.29) is 0 Å². The number of nitrogens with two attached hydrogens (primary N) is 1. The molecule has 2 nitrogen and oxygen atoms in total. The Balaban J connectivity index is 1.93. The molecule has 1 saturated heterocycles. The molecule has 1 aromatic rings. The summed E-state index contributed by atoms with van der Waals surface area (Å²) in [6.07, 6.45) is 2.43. The molecule has 1 atom stereocenters. The van der Waals surface area contributed by atoms with Crippen molar-refractivity contribution >= 4 is 0 Å². The Morgan fingerprint density at radius 1 is 1.33 bits per heavy atom. The predicted octanol–water partition coefficient (Wildman–Crippen LogP) is 1.92. The molecule has 82 valence electrons. The van der Waals surface area contributed by atoms with Crippen molar-refractivity contribution in [2.24, 2.45) is 5.73 Å². The van der Waals surface area contributed by atoms with Gasteiger partial charge in [-0.05, 0) is 31.9 Å². The second-order valence-electron chi connectivity index (χ2n) is 4.62. The topological polar surface area (TPSA) is 29.3 Å². The van der Waals surface area contributed by atoms with Crippen LogP contribution in [0.4, 0.5) is 0 Å². The van der Waals surface area contributed by atoms with Gasteiger partial charge in [0.1, 0.15) is 0 Å². The van der Waals surface area contributed by atoms with E-state index in [1.165, 1.54) is 30.5 Å². The van der Waals surface area contributed by atoms with E-state index in [1.807, 2.05) is 0 Å². The van der Waals surface area contributed by atoms with Crippen LogP contribution in [0.1, 0.15) is 24.0 Å². The Bertz CT molecular complexity index is 305. The summed E-state index contributed by atoms with van der Waals surface area (Å²) < 4.78 is 0. The van der Waals surface area contributed by atoms with Crippen LogP contribution in [0.25, 0.3) is 0 Å². The van der Waals surface area contributed by atoms with Crippen LogP contribution in [0.2, 0.25) is 0 Å². The molecule has 0 bridgehead atoms. The van der Waals surface area contributed by atoms with Crippen LogP contribution in [-0.4, -0.2) is 24.0 Å². The molecule has 2 rings (SSSR count). The monoisotopic (exact) mass is 204 g/mol. The molecule has 1 aliphatic rings. The lowest BCUT2D eigenvalue weighted by Crippen LogP contribution is -2.42. The van der Waals surface area contributed by atoms with Gasteiger partial charge < -0.3 is 5.73 Å². The molecule has 0 saturated carbocycles. The zero-order valence-corrected chi connectivity index (χ0v) is 9.45.